The van der Waals surface area contributed by atoms with Crippen molar-refractivity contribution in [3.63, 3.8) is 0 Å². The molecule has 1 N–H and O–H groups in total. The number of fused-ring (bicyclic) bond motifs is 1. The maximum atomic E-state index is 11.3. The summed E-state index contributed by atoms with van der Waals surface area (Å²) in [6.07, 6.45) is 3.33. The third-order valence-corrected chi connectivity index (χ3v) is 4.06. The molecule has 0 fully saturated rings. The largest absolute Gasteiger partial charge is 0.346 e. The van der Waals surface area contributed by atoms with Gasteiger partial charge >= 0.3 is 0 Å². The molecule has 104 valence electrons. The first-order chi connectivity index (χ1) is 9.01. The van der Waals surface area contributed by atoms with Crippen LogP contribution in [0.5, 0.6) is 0 Å². The predicted molar refractivity (Wildman–Crippen MR) is 79.0 cm³/mol. The van der Waals surface area contributed by atoms with Gasteiger partial charge in [0.15, 0.2) is 0 Å². The van der Waals surface area contributed by atoms with Gasteiger partial charge in [-0.1, -0.05) is 25.1 Å². The molecule has 0 unspecified atom stereocenters. The molecular weight excluding hydrogens is 260 g/mol. The maximum absolute atomic E-state index is 11.3. The second-order valence-corrected chi connectivity index (χ2v) is 7.03. The molecule has 0 bridgehead atoms. The van der Waals surface area contributed by atoms with Crippen molar-refractivity contribution in [2.24, 2.45) is 0 Å². The van der Waals surface area contributed by atoms with Gasteiger partial charge in [-0.05, 0) is 18.2 Å². The molecule has 0 spiro atoms. The number of aryl methyl sites for hydroxylation is 1. The maximum Gasteiger partial charge on any atom is 0.149 e. The van der Waals surface area contributed by atoms with Crippen molar-refractivity contribution in [1.82, 2.24) is 9.88 Å². The smallest absolute Gasteiger partial charge is 0.149 e. The highest BCUT2D eigenvalue weighted by atomic mass is 32.2. The SMILES string of the molecule is CCNCc1cn(CCS(C)(=O)=O)c2ccccc12. The molecule has 0 saturated carbocycles. The summed E-state index contributed by atoms with van der Waals surface area (Å²) in [6.45, 7) is 4.31. The normalized spacial score (nSPS) is 12.1. The number of sulfone groups is 1. The molecule has 4 nitrogen and oxygen atoms in total. The van der Waals surface area contributed by atoms with Crippen LogP contribution in [0.4, 0.5) is 0 Å². The Bertz CT molecular complexity index is 659. The second-order valence-electron chi connectivity index (χ2n) is 4.78. The van der Waals surface area contributed by atoms with Gasteiger partial charge in [0.2, 0.25) is 0 Å². The Hall–Kier alpha value is -1.33. The zero-order valence-electron chi connectivity index (χ0n) is 11.4. The highest BCUT2D eigenvalue weighted by Crippen LogP contribution is 2.21. The lowest BCUT2D eigenvalue weighted by Gasteiger charge is -2.03. The number of nitrogens with zero attached hydrogens (tertiary/aromatic N) is 1. The van der Waals surface area contributed by atoms with E-state index in [1.165, 1.54) is 17.2 Å². The van der Waals surface area contributed by atoms with Crippen LogP contribution >= 0.6 is 0 Å². The van der Waals surface area contributed by atoms with E-state index in [9.17, 15) is 8.42 Å². The van der Waals surface area contributed by atoms with Crippen LogP contribution in [-0.4, -0.2) is 31.5 Å². The first kappa shape index (κ1) is 14.1. The van der Waals surface area contributed by atoms with Gasteiger partial charge in [0.1, 0.15) is 9.84 Å². The van der Waals surface area contributed by atoms with Gasteiger partial charge in [-0.2, -0.15) is 0 Å². The monoisotopic (exact) mass is 280 g/mol. The van der Waals surface area contributed by atoms with Crippen molar-refractivity contribution in [3.05, 3.63) is 36.0 Å². The van der Waals surface area contributed by atoms with E-state index in [0.29, 0.717) is 6.54 Å². The van der Waals surface area contributed by atoms with Gasteiger partial charge in [-0.25, -0.2) is 8.42 Å². The highest BCUT2D eigenvalue weighted by molar-refractivity contribution is 7.90. The summed E-state index contributed by atoms with van der Waals surface area (Å²) >= 11 is 0. The van der Waals surface area contributed by atoms with Crippen LogP contribution in [0.2, 0.25) is 0 Å². The summed E-state index contributed by atoms with van der Waals surface area (Å²) in [5.41, 5.74) is 2.31. The minimum absolute atomic E-state index is 0.173. The van der Waals surface area contributed by atoms with Crippen molar-refractivity contribution in [2.45, 2.75) is 20.0 Å². The Balaban J connectivity index is 2.33. The lowest BCUT2D eigenvalue weighted by atomic mass is 10.2. The molecule has 0 saturated heterocycles. The molecule has 2 aromatic rings. The topological polar surface area (TPSA) is 51.1 Å². The lowest BCUT2D eigenvalue weighted by Crippen LogP contribution is -2.12. The molecule has 0 aliphatic heterocycles. The van der Waals surface area contributed by atoms with Gasteiger partial charge in [0.25, 0.3) is 0 Å². The summed E-state index contributed by atoms with van der Waals surface area (Å²) in [4.78, 5) is 0. The highest BCUT2D eigenvalue weighted by Gasteiger charge is 2.09. The van der Waals surface area contributed by atoms with E-state index in [1.807, 2.05) is 22.8 Å². The first-order valence-corrected chi connectivity index (χ1v) is 8.52. The number of hydrogen-bond acceptors (Lipinski definition) is 3. The quantitative estimate of drug-likeness (QED) is 0.878. The molecule has 1 aromatic heterocycles. The number of aromatic nitrogens is 1. The van der Waals surface area contributed by atoms with E-state index < -0.39 is 9.84 Å². The molecule has 0 amide bonds. The minimum atomic E-state index is -2.94. The third-order valence-electron chi connectivity index (χ3n) is 3.14. The predicted octanol–water partition coefficient (Wildman–Crippen LogP) is 1.80. The Labute approximate surface area is 114 Å². The van der Waals surface area contributed by atoms with Crippen LogP contribution in [-0.2, 0) is 22.9 Å². The van der Waals surface area contributed by atoms with Crippen LogP contribution in [0.15, 0.2) is 30.5 Å². The average Bonchev–Trinajstić information content (AvgIpc) is 2.72. The average molecular weight is 280 g/mol. The minimum Gasteiger partial charge on any atom is -0.346 e. The van der Waals surface area contributed by atoms with E-state index in [1.54, 1.807) is 0 Å². The van der Waals surface area contributed by atoms with Crippen LogP contribution in [0, 0.1) is 0 Å². The van der Waals surface area contributed by atoms with Gasteiger partial charge < -0.3 is 9.88 Å². The fraction of sp³-hybridized carbons (Fsp3) is 0.429. The van der Waals surface area contributed by atoms with E-state index in [0.717, 1.165) is 18.6 Å². The number of hydrogen-bond donors (Lipinski definition) is 1. The van der Waals surface area contributed by atoms with Crippen LogP contribution in [0.1, 0.15) is 12.5 Å². The molecule has 1 aromatic carbocycles. The lowest BCUT2D eigenvalue weighted by molar-refractivity contribution is 0.595. The molecule has 0 aliphatic rings. The summed E-state index contributed by atoms with van der Waals surface area (Å²) in [6, 6.07) is 8.11. The summed E-state index contributed by atoms with van der Waals surface area (Å²) < 4.78 is 24.6. The van der Waals surface area contributed by atoms with E-state index in [4.69, 9.17) is 0 Å². The molecular formula is C14H20N2O2S. The van der Waals surface area contributed by atoms with Crippen molar-refractivity contribution in [1.29, 1.82) is 0 Å². The van der Waals surface area contributed by atoms with Crippen molar-refractivity contribution in [3.8, 4) is 0 Å². The van der Waals surface area contributed by atoms with E-state index in [-0.39, 0.29) is 5.75 Å². The molecule has 0 aliphatic carbocycles. The standard InChI is InChI=1S/C14H20N2O2S/c1-3-15-10-12-11-16(8-9-19(2,17)18)14-7-5-4-6-13(12)14/h4-7,11,15H,3,8-10H2,1-2H3. The molecule has 19 heavy (non-hydrogen) atoms. The van der Waals surface area contributed by atoms with E-state index >= 15 is 0 Å². The van der Waals surface area contributed by atoms with Gasteiger partial charge in [0.05, 0.1) is 5.75 Å². The summed E-state index contributed by atoms with van der Waals surface area (Å²) in [5, 5.41) is 4.50. The Morgan fingerprint density at radius 3 is 2.68 bits per heavy atom. The Kier molecular flexibility index (Phi) is 4.27. The summed E-state index contributed by atoms with van der Waals surface area (Å²) in [5.74, 6) is 0.173. The van der Waals surface area contributed by atoms with Gasteiger partial charge in [-0.15, -0.1) is 0 Å². The molecule has 0 atom stereocenters. The van der Waals surface area contributed by atoms with Crippen molar-refractivity contribution in [2.75, 3.05) is 18.6 Å². The van der Waals surface area contributed by atoms with Crippen LogP contribution in [0.3, 0.4) is 0 Å². The van der Waals surface area contributed by atoms with Crippen molar-refractivity contribution >= 4 is 20.7 Å². The fourth-order valence-corrected chi connectivity index (χ4v) is 2.70. The zero-order chi connectivity index (χ0) is 13.9. The Morgan fingerprint density at radius 1 is 1.26 bits per heavy atom. The van der Waals surface area contributed by atoms with Gasteiger partial charge in [0, 0.05) is 36.4 Å². The third kappa shape index (κ3) is 3.58. The number of rotatable bonds is 6. The molecule has 5 heteroatoms. The molecule has 1 heterocycles. The Morgan fingerprint density at radius 2 is 2.00 bits per heavy atom. The zero-order valence-corrected chi connectivity index (χ0v) is 12.2. The molecule has 2 rings (SSSR count). The van der Waals surface area contributed by atoms with E-state index in [2.05, 4.69) is 24.5 Å². The number of nitrogens with one attached hydrogen (secondary N) is 1. The number of para-hydroxylation sites is 1. The van der Waals surface area contributed by atoms with Gasteiger partial charge in [-0.3, -0.25) is 0 Å². The van der Waals surface area contributed by atoms with Crippen LogP contribution < -0.4 is 5.32 Å². The second kappa shape index (κ2) is 5.75. The summed E-state index contributed by atoms with van der Waals surface area (Å²) in [7, 11) is -2.94. The first-order valence-electron chi connectivity index (χ1n) is 6.46. The van der Waals surface area contributed by atoms with Crippen molar-refractivity contribution < 1.29 is 8.42 Å². The van der Waals surface area contributed by atoms with Crippen LogP contribution in [0.25, 0.3) is 10.9 Å². The fourth-order valence-electron chi connectivity index (χ4n) is 2.17. The molecule has 0 radical (unpaired) electrons. The number of benzene rings is 1.